The van der Waals surface area contributed by atoms with E-state index in [0.717, 1.165) is 0 Å². The highest BCUT2D eigenvalue weighted by atomic mass is 35.5. The molecule has 0 spiro atoms. The molecule has 0 atom stereocenters. The Morgan fingerprint density at radius 3 is 2.00 bits per heavy atom. The molecule has 0 aromatic heterocycles. The molecule has 6 heteroatoms. The van der Waals surface area contributed by atoms with E-state index in [4.69, 9.17) is 36.5 Å². The van der Waals surface area contributed by atoms with Crippen molar-refractivity contribution < 1.29 is 13.3 Å². The smallest absolute Gasteiger partial charge is 0.373 e. The molecule has 1 aromatic rings. The normalized spacial score (nSPS) is 11.8. The fourth-order valence-electron chi connectivity index (χ4n) is 1.32. The topological polar surface area (TPSA) is 27.7 Å². The Morgan fingerprint density at radius 2 is 1.53 bits per heavy atom. The molecule has 0 saturated carbocycles. The van der Waals surface area contributed by atoms with Crippen LogP contribution in [0.15, 0.2) is 18.2 Å². The van der Waals surface area contributed by atoms with Crippen LogP contribution >= 0.6 is 23.2 Å². The maximum absolute atomic E-state index is 6.08. The molecule has 1 rings (SSSR count). The van der Waals surface area contributed by atoms with Crippen molar-refractivity contribution in [2.45, 2.75) is 0 Å². The molecule has 0 amide bonds. The fraction of sp³-hybridized carbons (Fsp3) is 0.333. The van der Waals surface area contributed by atoms with Crippen LogP contribution in [0.1, 0.15) is 0 Å². The molecule has 0 N–H and O–H groups in total. The van der Waals surface area contributed by atoms with Gasteiger partial charge in [0, 0.05) is 26.5 Å². The minimum absolute atomic E-state index is 0.413. The molecule has 3 nitrogen and oxygen atoms in total. The van der Waals surface area contributed by atoms with Crippen LogP contribution in [0.5, 0.6) is 0 Å². The molecule has 15 heavy (non-hydrogen) atoms. The van der Waals surface area contributed by atoms with Gasteiger partial charge < -0.3 is 13.3 Å². The van der Waals surface area contributed by atoms with Gasteiger partial charge >= 0.3 is 8.80 Å². The molecule has 0 saturated heterocycles. The van der Waals surface area contributed by atoms with E-state index in [2.05, 4.69) is 0 Å². The second-order valence-corrected chi connectivity index (χ2v) is 6.43. The molecular weight excluding hydrogens is 255 g/mol. The predicted molar refractivity (Wildman–Crippen MR) is 62.9 cm³/mol. The van der Waals surface area contributed by atoms with Gasteiger partial charge in [-0.25, -0.2) is 0 Å². The molecule has 0 fully saturated rings. The predicted octanol–water partition coefficient (Wildman–Crippen LogP) is 2.08. The van der Waals surface area contributed by atoms with Gasteiger partial charge in [0.1, 0.15) is 0 Å². The first-order valence-corrected chi connectivity index (χ1v) is 6.69. The van der Waals surface area contributed by atoms with E-state index < -0.39 is 8.80 Å². The third-order valence-electron chi connectivity index (χ3n) is 2.09. The first-order chi connectivity index (χ1) is 7.11. The first-order valence-electron chi connectivity index (χ1n) is 4.21. The molecule has 0 heterocycles. The highest BCUT2D eigenvalue weighted by Gasteiger charge is 2.42. The summed E-state index contributed by atoms with van der Waals surface area (Å²) >= 11 is 12.0. The maximum atomic E-state index is 6.08. The SMILES string of the molecule is CO[Si](OC)(OC)c1cccc(Cl)c1Cl. The second kappa shape index (κ2) is 5.29. The van der Waals surface area contributed by atoms with Crippen LogP contribution in [0.3, 0.4) is 0 Å². The van der Waals surface area contributed by atoms with Crippen molar-refractivity contribution in [3.63, 3.8) is 0 Å². The summed E-state index contributed by atoms with van der Waals surface area (Å²) in [5.41, 5.74) is 0. The molecule has 0 unspecified atom stereocenters. The average molecular weight is 267 g/mol. The van der Waals surface area contributed by atoms with Crippen LogP contribution in [-0.4, -0.2) is 30.1 Å². The molecule has 1 aromatic carbocycles. The Kier molecular flexibility index (Phi) is 4.57. The van der Waals surface area contributed by atoms with Crippen molar-refractivity contribution in [1.29, 1.82) is 0 Å². The zero-order chi connectivity index (χ0) is 11.5. The molecular formula is C9H12Cl2O3Si. The Hall–Kier alpha value is -0.103. The van der Waals surface area contributed by atoms with Crippen molar-refractivity contribution in [3.05, 3.63) is 28.2 Å². The van der Waals surface area contributed by atoms with Crippen molar-refractivity contribution in [2.75, 3.05) is 21.3 Å². The standard InChI is InChI=1S/C9H12Cl2O3Si/c1-12-15(13-2,14-3)8-6-4-5-7(10)9(8)11/h4-6H,1-3H3. The zero-order valence-corrected chi connectivity index (χ0v) is 11.2. The van der Waals surface area contributed by atoms with Gasteiger partial charge in [-0.15, -0.1) is 0 Å². The highest BCUT2D eigenvalue weighted by Crippen LogP contribution is 2.22. The van der Waals surface area contributed by atoms with E-state index >= 15 is 0 Å². The van der Waals surface area contributed by atoms with E-state index in [-0.39, 0.29) is 0 Å². The van der Waals surface area contributed by atoms with Gasteiger partial charge in [-0.1, -0.05) is 35.3 Å². The number of hydrogen-bond acceptors (Lipinski definition) is 3. The summed E-state index contributed by atoms with van der Waals surface area (Å²) in [7, 11) is 1.69. The van der Waals surface area contributed by atoms with Crippen molar-refractivity contribution in [1.82, 2.24) is 0 Å². The van der Waals surface area contributed by atoms with Gasteiger partial charge in [0.15, 0.2) is 0 Å². The van der Waals surface area contributed by atoms with Crippen molar-refractivity contribution in [3.8, 4) is 0 Å². The zero-order valence-electron chi connectivity index (χ0n) is 8.71. The Morgan fingerprint density at radius 1 is 1.00 bits per heavy atom. The van der Waals surface area contributed by atoms with Gasteiger partial charge in [0.25, 0.3) is 0 Å². The van der Waals surface area contributed by atoms with Gasteiger partial charge in [0.2, 0.25) is 0 Å². The minimum atomic E-state index is -2.89. The first kappa shape index (κ1) is 13.0. The molecule has 0 radical (unpaired) electrons. The van der Waals surface area contributed by atoms with E-state index in [1.54, 1.807) is 18.2 Å². The minimum Gasteiger partial charge on any atom is -0.373 e. The molecule has 0 bridgehead atoms. The lowest BCUT2D eigenvalue weighted by atomic mass is 10.4. The summed E-state index contributed by atoms with van der Waals surface area (Å²) in [4.78, 5) is 0. The largest absolute Gasteiger partial charge is 0.537 e. The van der Waals surface area contributed by atoms with Crippen LogP contribution in [0.2, 0.25) is 10.0 Å². The summed E-state index contributed by atoms with van der Waals surface area (Å²) in [6.07, 6.45) is 0. The summed E-state index contributed by atoms with van der Waals surface area (Å²) in [5.74, 6) is 0. The maximum Gasteiger partial charge on any atom is 0.537 e. The highest BCUT2D eigenvalue weighted by molar-refractivity contribution is 6.78. The van der Waals surface area contributed by atoms with E-state index in [1.165, 1.54) is 21.3 Å². The third kappa shape index (κ3) is 2.36. The summed E-state index contributed by atoms with van der Waals surface area (Å²) in [5, 5.41) is 1.54. The Balaban J connectivity index is 3.28. The lowest BCUT2D eigenvalue weighted by Gasteiger charge is -2.25. The monoisotopic (exact) mass is 266 g/mol. The third-order valence-corrected chi connectivity index (χ3v) is 5.75. The lowest BCUT2D eigenvalue weighted by Crippen LogP contribution is -2.55. The molecule has 0 aliphatic heterocycles. The Labute approximate surface area is 100 Å². The van der Waals surface area contributed by atoms with Gasteiger partial charge in [0.05, 0.1) is 10.0 Å². The van der Waals surface area contributed by atoms with Crippen LogP contribution in [0.4, 0.5) is 0 Å². The number of benzene rings is 1. The Bertz CT molecular complexity index is 334. The number of halogens is 2. The second-order valence-electron chi connectivity index (χ2n) is 2.77. The number of hydrogen-bond donors (Lipinski definition) is 0. The quantitative estimate of drug-likeness (QED) is 0.782. The fourth-order valence-corrected chi connectivity index (χ4v) is 3.91. The average Bonchev–Trinajstić information content (AvgIpc) is 2.27. The van der Waals surface area contributed by atoms with Gasteiger partial charge in [-0.2, -0.15) is 0 Å². The van der Waals surface area contributed by atoms with Crippen molar-refractivity contribution >= 4 is 37.2 Å². The van der Waals surface area contributed by atoms with E-state index in [0.29, 0.717) is 15.2 Å². The van der Waals surface area contributed by atoms with E-state index in [9.17, 15) is 0 Å². The van der Waals surface area contributed by atoms with Crippen LogP contribution in [-0.2, 0) is 13.3 Å². The van der Waals surface area contributed by atoms with Gasteiger partial charge in [-0.05, 0) is 6.07 Å². The van der Waals surface area contributed by atoms with Gasteiger partial charge in [-0.3, -0.25) is 0 Å². The van der Waals surface area contributed by atoms with Crippen LogP contribution in [0, 0.1) is 0 Å². The van der Waals surface area contributed by atoms with E-state index in [1.807, 2.05) is 0 Å². The van der Waals surface area contributed by atoms with Crippen LogP contribution in [0.25, 0.3) is 0 Å². The summed E-state index contributed by atoms with van der Waals surface area (Å²) < 4.78 is 15.9. The number of rotatable bonds is 4. The van der Waals surface area contributed by atoms with Crippen LogP contribution < -0.4 is 5.19 Å². The molecule has 84 valence electrons. The lowest BCUT2D eigenvalue weighted by molar-refractivity contribution is 0.140. The summed E-state index contributed by atoms with van der Waals surface area (Å²) in [6.45, 7) is 0. The molecule has 0 aliphatic carbocycles. The van der Waals surface area contributed by atoms with Crippen molar-refractivity contribution in [2.24, 2.45) is 0 Å². The molecule has 0 aliphatic rings. The summed E-state index contributed by atoms with van der Waals surface area (Å²) in [6, 6.07) is 5.27.